The smallest absolute Gasteiger partial charge is 0.340 e. The number of carboxylic acids is 1. The van der Waals surface area contributed by atoms with Gasteiger partial charge in [0, 0.05) is 17.6 Å². The number of halogens is 4. The van der Waals surface area contributed by atoms with Crippen molar-refractivity contribution in [1.29, 1.82) is 0 Å². The van der Waals surface area contributed by atoms with Gasteiger partial charge in [-0.3, -0.25) is 0 Å². The number of aromatic carboxylic acids is 1. The fourth-order valence-electron chi connectivity index (χ4n) is 2.23. The van der Waals surface area contributed by atoms with Crippen LogP contribution in [0.2, 0.25) is 0 Å². The van der Waals surface area contributed by atoms with E-state index in [1.807, 2.05) is 0 Å². The molecule has 0 aliphatic carbocycles. The molecule has 1 aromatic carbocycles. The highest BCUT2D eigenvalue weighted by atomic mass is 79.9. The number of benzene rings is 1. The Bertz CT molecular complexity index is 575. The topological polar surface area (TPSA) is 40.5 Å². The fourth-order valence-corrected chi connectivity index (χ4v) is 2.65. The molecule has 1 fully saturated rings. The van der Waals surface area contributed by atoms with Gasteiger partial charge in [-0.2, -0.15) is 8.78 Å². The summed E-state index contributed by atoms with van der Waals surface area (Å²) in [6.45, 7) is 0.478. The standard InChI is InChI=1S/C13H11BrF3NO2/c14-8-5-9(15)11(13(19)20)10(6-8)18-3-1-7(2-4-18)12(16)17/h5-6H,1-4H2,(H,19,20). The Hall–Kier alpha value is -1.50. The van der Waals surface area contributed by atoms with Gasteiger partial charge >= 0.3 is 5.97 Å². The van der Waals surface area contributed by atoms with E-state index in [0.717, 1.165) is 6.07 Å². The first-order chi connectivity index (χ1) is 9.40. The fraction of sp³-hybridized carbons (Fsp3) is 0.308. The monoisotopic (exact) mass is 349 g/mol. The van der Waals surface area contributed by atoms with Crippen LogP contribution in [-0.2, 0) is 0 Å². The molecule has 2 rings (SSSR count). The van der Waals surface area contributed by atoms with Crippen molar-refractivity contribution in [3.63, 3.8) is 0 Å². The number of carboxylic acid groups (broad SMARTS) is 1. The van der Waals surface area contributed by atoms with Crippen LogP contribution in [0.5, 0.6) is 0 Å². The highest BCUT2D eigenvalue weighted by Crippen LogP contribution is 2.32. The minimum absolute atomic E-state index is 0.0774. The van der Waals surface area contributed by atoms with Gasteiger partial charge in [0.2, 0.25) is 0 Å². The Morgan fingerprint density at radius 3 is 2.35 bits per heavy atom. The highest BCUT2D eigenvalue weighted by molar-refractivity contribution is 9.10. The molecule has 20 heavy (non-hydrogen) atoms. The molecular weight excluding hydrogens is 339 g/mol. The maximum Gasteiger partial charge on any atom is 0.340 e. The number of hydrogen-bond acceptors (Lipinski definition) is 2. The second kappa shape index (κ2) is 5.87. The molecule has 1 N–H and O–H groups in total. The number of carbonyl (C=O) groups is 1. The van der Waals surface area contributed by atoms with Gasteiger partial charge in [0.05, 0.1) is 5.69 Å². The van der Waals surface area contributed by atoms with Crippen molar-refractivity contribution in [1.82, 2.24) is 0 Å². The van der Waals surface area contributed by atoms with E-state index in [1.54, 1.807) is 4.90 Å². The maximum absolute atomic E-state index is 13.8. The molecule has 0 spiro atoms. The minimum atomic E-state index is -1.68. The van der Waals surface area contributed by atoms with Crippen LogP contribution < -0.4 is 4.90 Å². The third kappa shape index (κ3) is 2.98. The van der Waals surface area contributed by atoms with Gasteiger partial charge in [-0.1, -0.05) is 15.9 Å². The second-order valence-corrected chi connectivity index (χ2v) is 5.35. The van der Waals surface area contributed by atoms with E-state index < -0.39 is 23.4 Å². The van der Waals surface area contributed by atoms with Crippen molar-refractivity contribution >= 4 is 27.6 Å². The van der Waals surface area contributed by atoms with Crippen molar-refractivity contribution < 1.29 is 23.1 Å². The number of piperidine rings is 1. The molecular formula is C13H11BrF3NO2. The third-order valence-corrected chi connectivity index (χ3v) is 3.68. The quantitative estimate of drug-likeness (QED) is 0.875. The van der Waals surface area contributed by atoms with E-state index >= 15 is 0 Å². The molecule has 1 aromatic rings. The van der Waals surface area contributed by atoms with Crippen molar-refractivity contribution in [3.8, 4) is 0 Å². The van der Waals surface area contributed by atoms with Crippen LogP contribution >= 0.6 is 15.9 Å². The summed E-state index contributed by atoms with van der Waals surface area (Å²) < 4.78 is 39.1. The molecule has 0 bridgehead atoms. The Kier molecular flexibility index (Phi) is 4.37. The summed E-state index contributed by atoms with van der Waals surface area (Å²) in [6.07, 6.45) is -1.38. The molecule has 0 saturated carbocycles. The van der Waals surface area contributed by atoms with Gasteiger partial charge in [-0.05, 0) is 30.5 Å². The zero-order valence-electron chi connectivity index (χ0n) is 10.3. The van der Waals surface area contributed by atoms with E-state index in [9.17, 15) is 18.0 Å². The molecule has 108 valence electrons. The lowest BCUT2D eigenvalue weighted by Crippen LogP contribution is -2.32. The van der Waals surface area contributed by atoms with Gasteiger partial charge < -0.3 is 10.0 Å². The summed E-state index contributed by atoms with van der Waals surface area (Å²) in [5, 5.41) is 9.10. The first kappa shape index (κ1) is 14.9. The van der Waals surface area contributed by atoms with Crippen molar-refractivity contribution in [2.24, 2.45) is 0 Å². The van der Waals surface area contributed by atoms with Gasteiger partial charge in [0.1, 0.15) is 11.4 Å². The molecule has 1 aliphatic rings. The Labute approximate surface area is 121 Å². The number of nitrogens with zero attached hydrogens (tertiary/aromatic N) is 1. The predicted octanol–water partition coefficient (Wildman–Crippen LogP) is 4.04. The van der Waals surface area contributed by atoms with Crippen molar-refractivity contribution in [2.75, 3.05) is 18.0 Å². The first-order valence-corrected chi connectivity index (χ1v) is 6.69. The van der Waals surface area contributed by atoms with Crippen LogP contribution in [0.1, 0.15) is 23.2 Å². The molecule has 0 unspecified atom stereocenters. The number of anilines is 1. The molecule has 7 heteroatoms. The minimum Gasteiger partial charge on any atom is -0.478 e. The van der Waals surface area contributed by atoms with E-state index in [0.29, 0.717) is 4.47 Å². The Balaban J connectivity index is 2.35. The average molecular weight is 350 g/mol. The van der Waals surface area contributed by atoms with Crippen molar-refractivity contribution in [2.45, 2.75) is 12.8 Å². The van der Waals surface area contributed by atoms with Crippen LogP contribution in [0.15, 0.2) is 28.3 Å². The molecule has 3 nitrogen and oxygen atoms in total. The maximum atomic E-state index is 13.8. The van der Waals surface area contributed by atoms with Crippen LogP contribution in [-0.4, -0.2) is 24.2 Å². The molecule has 0 aromatic heterocycles. The predicted molar refractivity (Wildman–Crippen MR) is 71.7 cm³/mol. The normalized spacial score (nSPS) is 15.4. The summed E-state index contributed by atoms with van der Waals surface area (Å²) in [7, 11) is 0. The van der Waals surface area contributed by atoms with Crippen LogP contribution in [0.25, 0.3) is 0 Å². The lowest BCUT2D eigenvalue weighted by molar-refractivity contribution is 0.0692. The molecule has 1 saturated heterocycles. The SMILES string of the molecule is O=C(O)c1c(F)cc(Br)cc1N1CCC(=C(F)F)CC1. The van der Waals surface area contributed by atoms with Gasteiger partial charge in [-0.25, -0.2) is 9.18 Å². The molecule has 0 radical (unpaired) electrons. The zero-order chi connectivity index (χ0) is 14.9. The summed E-state index contributed by atoms with van der Waals surface area (Å²) >= 11 is 3.11. The van der Waals surface area contributed by atoms with Gasteiger partial charge in [0.25, 0.3) is 6.08 Å². The first-order valence-electron chi connectivity index (χ1n) is 5.90. The van der Waals surface area contributed by atoms with Crippen LogP contribution in [0.4, 0.5) is 18.9 Å². The molecule has 0 atom stereocenters. The van der Waals surface area contributed by atoms with E-state index in [2.05, 4.69) is 15.9 Å². The lowest BCUT2D eigenvalue weighted by atomic mass is 10.0. The zero-order valence-corrected chi connectivity index (χ0v) is 11.9. The Morgan fingerprint density at radius 2 is 1.85 bits per heavy atom. The lowest BCUT2D eigenvalue weighted by Gasteiger charge is -2.31. The van der Waals surface area contributed by atoms with Gasteiger partial charge in [0.15, 0.2) is 0 Å². The van der Waals surface area contributed by atoms with E-state index in [-0.39, 0.29) is 37.2 Å². The summed E-state index contributed by atoms with van der Waals surface area (Å²) in [4.78, 5) is 12.8. The van der Waals surface area contributed by atoms with E-state index in [1.165, 1.54) is 6.07 Å². The second-order valence-electron chi connectivity index (χ2n) is 4.44. The Morgan fingerprint density at radius 1 is 1.25 bits per heavy atom. The molecule has 1 aliphatic heterocycles. The third-order valence-electron chi connectivity index (χ3n) is 3.22. The average Bonchev–Trinajstić information content (AvgIpc) is 2.37. The van der Waals surface area contributed by atoms with E-state index in [4.69, 9.17) is 5.11 Å². The van der Waals surface area contributed by atoms with Gasteiger partial charge in [-0.15, -0.1) is 0 Å². The summed E-state index contributed by atoms with van der Waals surface area (Å²) in [6, 6.07) is 2.57. The molecule has 0 amide bonds. The summed E-state index contributed by atoms with van der Waals surface area (Å²) in [5.41, 5.74) is -0.141. The largest absolute Gasteiger partial charge is 0.478 e. The van der Waals surface area contributed by atoms with Crippen LogP contribution in [0.3, 0.4) is 0 Å². The summed E-state index contributed by atoms with van der Waals surface area (Å²) in [5.74, 6) is -2.22. The van der Waals surface area contributed by atoms with Crippen molar-refractivity contribution in [3.05, 3.63) is 39.6 Å². The van der Waals surface area contributed by atoms with Crippen LogP contribution in [0, 0.1) is 5.82 Å². The molecule has 1 heterocycles. The highest BCUT2D eigenvalue weighted by Gasteiger charge is 2.24. The number of rotatable bonds is 2. The number of hydrogen-bond donors (Lipinski definition) is 1.